The number of benzene rings is 2. The quantitative estimate of drug-likeness (QED) is 0.657. The number of rotatable bonds is 4. The van der Waals surface area contributed by atoms with E-state index in [1.807, 2.05) is 42.5 Å². The lowest BCUT2D eigenvalue weighted by molar-refractivity contribution is 0.624. The molecule has 2 N–H and O–H groups in total. The fourth-order valence-electron chi connectivity index (χ4n) is 1.52. The highest BCUT2D eigenvalue weighted by atomic mass is 32.2. The van der Waals surface area contributed by atoms with Crippen LogP contribution in [0.1, 0.15) is 5.56 Å². The smallest absolute Gasteiger partial charge is 0.124 e. The van der Waals surface area contributed by atoms with Crippen molar-refractivity contribution in [2.75, 3.05) is 11.5 Å². The van der Waals surface area contributed by atoms with E-state index in [-0.39, 0.29) is 5.82 Å². The highest BCUT2D eigenvalue weighted by molar-refractivity contribution is 7.99. The zero-order chi connectivity index (χ0) is 12.8. The van der Waals surface area contributed by atoms with Crippen molar-refractivity contribution in [3.63, 3.8) is 0 Å². The second kappa shape index (κ2) is 6.26. The minimum Gasteiger partial charge on any atom is -0.398 e. The molecule has 2 rings (SSSR count). The average Bonchev–Trinajstić information content (AvgIpc) is 2.40. The lowest BCUT2D eigenvalue weighted by Crippen LogP contribution is -1.89. The third-order valence-corrected chi connectivity index (χ3v) is 3.44. The molecule has 0 saturated carbocycles. The van der Waals surface area contributed by atoms with Crippen LogP contribution in [-0.4, -0.2) is 5.75 Å². The van der Waals surface area contributed by atoms with Gasteiger partial charge in [0.05, 0.1) is 0 Å². The first-order valence-electron chi connectivity index (χ1n) is 5.65. The third kappa shape index (κ3) is 3.64. The van der Waals surface area contributed by atoms with Crippen molar-refractivity contribution in [3.05, 3.63) is 66.0 Å². The van der Waals surface area contributed by atoms with Gasteiger partial charge in [-0.05, 0) is 23.8 Å². The Balaban J connectivity index is 1.92. The second-order valence-electron chi connectivity index (χ2n) is 3.81. The van der Waals surface area contributed by atoms with Crippen LogP contribution in [0.25, 0.3) is 6.08 Å². The van der Waals surface area contributed by atoms with Crippen LogP contribution in [0.5, 0.6) is 0 Å². The van der Waals surface area contributed by atoms with Gasteiger partial charge in [-0.1, -0.05) is 42.5 Å². The molecule has 0 aliphatic rings. The minimum atomic E-state index is -0.251. The fourth-order valence-corrected chi connectivity index (χ4v) is 2.32. The lowest BCUT2D eigenvalue weighted by Gasteiger charge is -2.03. The molecule has 0 bridgehead atoms. The van der Waals surface area contributed by atoms with Crippen molar-refractivity contribution in [2.24, 2.45) is 0 Å². The first-order chi connectivity index (χ1) is 8.75. The van der Waals surface area contributed by atoms with Crippen molar-refractivity contribution in [2.45, 2.75) is 4.90 Å². The summed E-state index contributed by atoms with van der Waals surface area (Å²) < 4.78 is 13.0. The number of hydrogen-bond donors (Lipinski definition) is 1. The zero-order valence-electron chi connectivity index (χ0n) is 9.84. The summed E-state index contributed by atoms with van der Waals surface area (Å²) in [6.45, 7) is 0. The normalized spacial score (nSPS) is 10.9. The summed E-state index contributed by atoms with van der Waals surface area (Å²) in [5.74, 6) is 0.515. The molecule has 0 unspecified atom stereocenters. The molecule has 0 saturated heterocycles. The topological polar surface area (TPSA) is 26.0 Å². The maximum atomic E-state index is 13.0. The van der Waals surface area contributed by atoms with E-state index in [1.165, 1.54) is 23.9 Å². The molecular formula is C15H14FNS. The van der Waals surface area contributed by atoms with E-state index < -0.39 is 0 Å². The Bertz CT molecular complexity index is 537. The Labute approximate surface area is 111 Å². The van der Waals surface area contributed by atoms with Gasteiger partial charge in [-0.15, -0.1) is 11.8 Å². The standard InChI is InChI=1S/C15H14FNS/c16-13-8-9-14(17)15(11-13)18-10-4-7-12-5-2-1-3-6-12/h1-9,11H,10,17H2. The van der Waals surface area contributed by atoms with E-state index in [9.17, 15) is 4.39 Å². The molecule has 18 heavy (non-hydrogen) atoms. The van der Waals surface area contributed by atoms with Crippen LogP contribution in [0.2, 0.25) is 0 Å². The average molecular weight is 259 g/mol. The molecule has 0 fully saturated rings. The van der Waals surface area contributed by atoms with Crippen LogP contribution < -0.4 is 5.73 Å². The Morgan fingerprint density at radius 2 is 1.89 bits per heavy atom. The van der Waals surface area contributed by atoms with Crippen LogP contribution in [0.15, 0.2) is 59.5 Å². The van der Waals surface area contributed by atoms with Gasteiger partial charge in [-0.3, -0.25) is 0 Å². The SMILES string of the molecule is Nc1ccc(F)cc1SCC=Cc1ccccc1. The van der Waals surface area contributed by atoms with Crippen molar-refractivity contribution in [3.8, 4) is 0 Å². The summed E-state index contributed by atoms with van der Waals surface area (Å²) in [7, 11) is 0. The van der Waals surface area contributed by atoms with Gasteiger partial charge in [-0.25, -0.2) is 4.39 Å². The van der Waals surface area contributed by atoms with E-state index in [0.29, 0.717) is 5.69 Å². The van der Waals surface area contributed by atoms with Crippen molar-refractivity contribution >= 4 is 23.5 Å². The Hall–Kier alpha value is -1.74. The third-order valence-electron chi connectivity index (χ3n) is 2.42. The summed E-state index contributed by atoms with van der Waals surface area (Å²) >= 11 is 1.53. The van der Waals surface area contributed by atoms with E-state index >= 15 is 0 Å². The highest BCUT2D eigenvalue weighted by Crippen LogP contribution is 2.25. The monoisotopic (exact) mass is 259 g/mol. The molecule has 0 atom stereocenters. The molecule has 92 valence electrons. The van der Waals surface area contributed by atoms with E-state index in [1.54, 1.807) is 6.07 Å². The Morgan fingerprint density at radius 3 is 2.67 bits per heavy atom. The second-order valence-corrected chi connectivity index (χ2v) is 4.87. The molecule has 0 amide bonds. The van der Waals surface area contributed by atoms with Gasteiger partial charge in [0.15, 0.2) is 0 Å². The largest absolute Gasteiger partial charge is 0.398 e. The van der Waals surface area contributed by atoms with Gasteiger partial charge in [0.1, 0.15) is 5.82 Å². The van der Waals surface area contributed by atoms with Gasteiger partial charge >= 0.3 is 0 Å². The number of nitrogens with two attached hydrogens (primary N) is 1. The molecule has 1 nitrogen and oxygen atoms in total. The van der Waals surface area contributed by atoms with Crippen LogP contribution in [0.4, 0.5) is 10.1 Å². The first-order valence-corrected chi connectivity index (χ1v) is 6.64. The van der Waals surface area contributed by atoms with Crippen LogP contribution in [-0.2, 0) is 0 Å². The number of thioether (sulfide) groups is 1. The van der Waals surface area contributed by atoms with Crippen LogP contribution >= 0.6 is 11.8 Å². The first kappa shape index (κ1) is 12.7. The van der Waals surface area contributed by atoms with Gasteiger partial charge in [0.2, 0.25) is 0 Å². The number of anilines is 1. The number of nitrogen functional groups attached to an aromatic ring is 1. The van der Waals surface area contributed by atoms with Gasteiger partial charge in [0.25, 0.3) is 0 Å². The maximum Gasteiger partial charge on any atom is 0.124 e. The molecular weight excluding hydrogens is 245 g/mol. The summed E-state index contributed by atoms with van der Waals surface area (Å²) in [6.07, 6.45) is 4.09. The summed E-state index contributed by atoms with van der Waals surface area (Å²) in [5, 5.41) is 0. The number of halogens is 1. The molecule has 0 radical (unpaired) electrons. The molecule has 3 heteroatoms. The Morgan fingerprint density at radius 1 is 1.11 bits per heavy atom. The van der Waals surface area contributed by atoms with Crippen molar-refractivity contribution < 1.29 is 4.39 Å². The Kier molecular flexibility index (Phi) is 4.42. The number of hydrogen-bond acceptors (Lipinski definition) is 2. The lowest BCUT2D eigenvalue weighted by atomic mass is 10.2. The predicted molar refractivity (Wildman–Crippen MR) is 77.0 cm³/mol. The fraction of sp³-hybridized carbons (Fsp3) is 0.0667. The zero-order valence-corrected chi connectivity index (χ0v) is 10.7. The summed E-state index contributed by atoms with van der Waals surface area (Å²) in [6, 6.07) is 14.5. The molecule has 2 aromatic rings. The van der Waals surface area contributed by atoms with Gasteiger partial charge in [-0.2, -0.15) is 0 Å². The molecule has 0 spiro atoms. The van der Waals surface area contributed by atoms with Crippen LogP contribution in [0.3, 0.4) is 0 Å². The minimum absolute atomic E-state index is 0.251. The summed E-state index contributed by atoms with van der Waals surface area (Å²) in [4.78, 5) is 0.785. The summed E-state index contributed by atoms with van der Waals surface area (Å²) in [5.41, 5.74) is 7.55. The van der Waals surface area contributed by atoms with E-state index in [2.05, 4.69) is 0 Å². The predicted octanol–water partition coefficient (Wildman–Crippen LogP) is 4.21. The van der Waals surface area contributed by atoms with Gasteiger partial charge in [0, 0.05) is 16.3 Å². The molecule has 0 aromatic heterocycles. The van der Waals surface area contributed by atoms with Crippen molar-refractivity contribution in [1.82, 2.24) is 0 Å². The van der Waals surface area contributed by atoms with Crippen LogP contribution in [0, 0.1) is 5.82 Å². The highest BCUT2D eigenvalue weighted by Gasteiger charge is 2.00. The maximum absolute atomic E-state index is 13.0. The van der Waals surface area contributed by atoms with Gasteiger partial charge < -0.3 is 5.73 Å². The van der Waals surface area contributed by atoms with E-state index in [0.717, 1.165) is 16.2 Å². The molecule has 2 aromatic carbocycles. The molecule has 0 heterocycles. The van der Waals surface area contributed by atoms with Crippen molar-refractivity contribution in [1.29, 1.82) is 0 Å². The van der Waals surface area contributed by atoms with E-state index in [4.69, 9.17) is 5.73 Å². The molecule has 0 aliphatic heterocycles. The molecule has 0 aliphatic carbocycles.